The fourth-order valence-corrected chi connectivity index (χ4v) is 5.26. The Hall–Kier alpha value is -3.39. The van der Waals surface area contributed by atoms with Crippen LogP contribution in [-0.4, -0.2) is 70.4 Å². The number of thiazole rings is 1. The van der Waals surface area contributed by atoms with Crippen LogP contribution in [0.5, 0.6) is 0 Å². The van der Waals surface area contributed by atoms with Crippen LogP contribution in [0.1, 0.15) is 33.4 Å². The smallest absolute Gasteiger partial charge is 0.358 e. The molecule has 2 aliphatic rings. The highest BCUT2D eigenvalue weighted by Gasteiger charge is 2.54. The minimum absolute atomic E-state index is 0.00612. The molecule has 2 amide bonds. The van der Waals surface area contributed by atoms with Gasteiger partial charge in [-0.15, -0.1) is 23.1 Å². The van der Waals surface area contributed by atoms with Crippen molar-refractivity contribution in [3.05, 3.63) is 34.5 Å². The molecule has 1 fully saturated rings. The number of allylic oxidation sites excluding steroid dienone is 1. The van der Waals surface area contributed by atoms with Gasteiger partial charge >= 0.3 is 11.9 Å². The summed E-state index contributed by atoms with van der Waals surface area (Å²) in [7, 11) is 1.27. The first kappa shape index (κ1) is 27.2. The molecule has 0 saturated carbocycles. The number of hydrogen-bond donors (Lipinski definition) is 2. The highest BCUT2D eigenvalue weighted by atomic mass is 32.2. The fraction of sp³-hybridized carbons (Fsp3) is 0.455. The third-order valence-electron chi connectivity index (χ3n) is 5.12. The van der Waals surface area contributed by atoms with Crippen molar-refractivity contribution in [2.45, 2.75) is 39.1 Å². The van der Waals surface area contributed by atoms with Crippen molar-refractivity contribution in [1.29, 1.82) is 0 Å². The largest absolute Gasteiger partial charge is 0.427 e. The van der Waals surface area contributed by atoms with Gasteiger partial charge in [0.2, 0.25) is 6.79 Å². The number of nitrogen functional groups attached to an aromatic ring is 1. The highest BCUT2D eigenvalue weighted by molar-refractivity contribution is 8.00. The third kappa shape index (κ3) is 5.54. The Balaban J connectivity index is 1.75. The van der Waals surface area contributed by atoms with E-state index in [1.807, 2.05) is 0 Å². The van der Waals surface area contributed by atoms with Crippen molar-refractivity contribution < 1.29 is 33.5 Å². The van der Waals surface area contributed by atoms with Gasteiger partial charge in [0, 0.05) is 11.1 Å². The second kappa shape index (κ2) is 10.7. The van der Waals surface area contributed by atoms with E-state index in [-0.39, 0.29) is 22.2 Å². The molecule has 0 bridgehead atoms. The fourth-order valence-electron chi connectivity index (χ4n) is 3.26. The summed E-state index contributed by atoms with van der Waals surface area (Å²) < 4.78 is 10.2. The number of ether oxygens (including phenoxy) is 2. The number of oxime groups is 1. The van der Waals surface area contributed by atoms with Gasteiger partial charge in [-0.1, -0.05) is 17.3 Å². The first-order valence-corrected chi connectivity index (χ1v) is 12.6. The van der Waals surface area contributed by atoms with Crippen LogP contribution in [0, 0.1) is 5.41 Å². The molecular weight excluding hydrogens is 510 g/mol. The average molecular weight is 538 g/mol. The lowest BCUT2D eigenvalue weighted by Crippen LogP contribution is -2.71. The van der Waals surface area contributed by atoms with Crippen LogP contribution in [0.15, 0.2) is 34.0 Å². The second-order valence-electron chi connectivity index (χ2n) is 8.89. The summed E-state index contributed by atoms with van der Waals surface area (Å²) in [6.45, 7) is 10.00. The average Bonchev–Trinajstić information content (AvgIpc) is 3.24. The van der Waals surface area contributed by atoms with Crippen LogP contribution >= 0.6 is 23.1 Å². The first-order valence-electron chi connectivity index (χ1n) is 10.7. The Labute approximate surface area is 215 Å². The molecule has 1 aromatic heterocycles. The maximum absolute atomic E-state index is 13.1. The van der Waals surface area contributed by atoms with Crippen molar-refractivity contribution in [2.24, 2.45) is 10.6 Å². The quantitative estimate of drug-likeness (QED) is 0.163. The summed E-state index contributed by atoms with van der Waals surface area (Å²) in [6.07, 6.45) is 0. The molecule has 0 radical (unpaired) electrons. The number of nitrogens with zero attached hydrogens (tertiary/aromatic N) is 3. The van der Waals surface area contributed by atoms with Crippen LogP contribution in [-0.2, 0) is 33.5 Å². The number of fused-ring (bicyclic) bond motifs is 1. The number of amides is 2. The molecular formula is C22H27N5O7S2. The Kier molecular flexibility index (Phi) is 8.09. The van der Waals surface area contributed by atoms with E-state index >= 15 is 0 Å². The van der Waals surface area contributed by atoms with Gasteiger partial charge in [0.05, 0.1) is 5.41 Å². The molecule has 0 aromatic carbocycles. The maximum Gasteiger partial charge on any atom is 0.358 e. The molecule has 3 heterocycles. The molecule has 2 aliphatic heterocycles. The number of thioether (sulfide) groups is 1. The van der Waals surface area contributed by atoms with Gasteiger partial charge in [-0.2, -0.15) is 0 Å². The number of β-lactam (4-membered cyclic amide) rings is 1. The predicted molar refractivity (Wildman–Crippen MR) is 133 cm³/mol. The number of nitrogens with two attached hydrogens (primary N) is 1. The van der Waals surface area contributed by atoms with E-state index in [0.717, 1.165) is 11.3 Å². The minimum atomic E-state index is -0.936. The monoisotopic (exact) mass is 537 g/mol. The summed E-state index contributed by atoms with van der Waals surface area (Å²) in [5, 5.41) is 7.55. The number of esters is 2. The molecule has 2 atom stereocenters. The molecule has 0 spiro atoms. The lowest BCUT2D eigenvalue weighted by atomic mass is 9.98. The summed E-state index contributed by atoms with van der Waals surface area (Å²) >= 11 is 2.48. The van der Waals surface area contributed by atoms with Gasteiger partial charge in [-0.3, -0.25) is 19.3 Å². The zero-order chi connectivity index (χ0) is 26.8. The number of hydrogen-bond acceptors (Lipinski definition) is 12. The van der Waals surface area contributed by atoms with Gasteiger partial charge in [0.1, 0.15) is 29.9 Å². The SMILES string of the molecule is C=C(C)C1=C(C(=O)OCOC(=O)C(C)(C)C)N2C(=O)[C@@H](NC(=O)/C(=N\OC)c3csc(N)n3)[C@H]2SC1. The van der Waals surface area contributed by atoms with Crippen molar-refractivity contribution in [1.82, 2.24) is 15.2 Å². The van der Waals surface area contributed by atoms with Gasteiger partial charge in [-0.25, -0.2) is 9.78 Å². The molecule has 1 saturated heterocycles. The lowest BCUT2D eigenvalue weighted by molar-refractivity contribution is -0.173. The molecule has 194 valence electrons. The molecule has 0 unspecified atom stereocenters. The molecule has 0 aliphatic carbocycles. The van der Waals surface area contributed by atoms with E-state index in [2.05, 4.69) is 22.0 Å². The van der Waals surface area contributed by atoms with Crippen LogP contribution in [0.3, 0.4) is 0 Å². The first-order chi connectivity index (χ1) is 16.9. The third-order valence-corrected chi connectivity index (χ3v) is 7.07. The topological polar surface area (TPSA) is 163 Å². The maximum atomic E-state index is 13.1. The molecule has 1 aromatic rings. The molecule has 3 N–H and O–H groups in total. The van der Waals surface area contributed by atoms with E-state index in [4.69, 9.17) is 20.0 Å². The highest BCUT2D eigenvalue weighted by Crippen LogP contribution is 2.42. The van der Waals surface area contributed by atoms with E-state index < -0.39 is 47.4 Å². The van der Waals surface area contributed by atoms with Crippen molar-refractivity contribution in [3.8, 4) is 0 Å². The normalized spacial score (nSPS) is 19.8. The number of anilines is 1. The summed E-state index contributed by atoms with van der Waals surface area (Å²) in [6, 6.07) is -0.936. The van der Waals surface area contributed by atoms with Crippen LogP contribution in [0.25, 0.3) is 0 Å². The number of carbonyl (C=O) groups is 4. The second-order valence-corrected chi connectivity index (χ2v) is 10.9. The number of aromatic nitrogens is 1. The van der Waals surface area contributed by atoms with Crippen LogP contribution in [0.2, 0.25) is 0 Å². The van der Waals surface area contributed by atoms with Gasteiger partial charge in [0.25, 0.3) is 11.8 Å². The zero-order valence-electron chi connectivity index (χ0n) is 20.4. The molecule has 3 rings (SSSR count). The lowest BCUT2D eigenvalue weighted by Gasteiger charge is -2.49. The minimum Gasteiger partial charge on any atom is -0.427 e. The number of carbonyl (C=O) groups excluding carboxylic acids is 4. The number of nitrogens with one attached hydrogen (secondary N) is 1. The van der Waals surface area contributed by atoms with Crippen molar-refractivity contribution in [3.63, 3.8) is 0 Å². The zero-order valence-corrected chi connectivity index (χ0v) is 22.1. The van der Waals surface area contributed by atoms with Gasteiger partial charge < -0.3 is 25.4 Å². The van der Waals surface area contributed by atoms with Crippen molar-refractivity contribution >= 4 is 57.7 Å². The Morgan fingerprint density at radius 1 is 1.33 bits per heavy atom. The summed E-state index contributed by atoms with van der Waals surface area (Å²) in [5.41, 5.74) is 6.05. The Morgan fingerprint density at radius 2 is 2.03 bits per heavy atom. The summed E-state index contributed by atoms with van der Waals surface area (Å²) in [5.74, 6) is -2.23. The molecule has 36 heavy (non-hydrogen) atoms. The van der Waals surface area contributed by atoms with Crippen molar-refractivity contribution in [2.75, 3.05) is 25.4 Å². The summed E-state index contributed by atoms with van der Waals surface area (Å²) in [4.78, 5) is 60.9. The van der Waals surface area contributed by atoms with E-state index in [1.165, 1.54) is 23.8 Å². The van der Waals surface area contributed by atoms with E-state index in [9.17, 15) is 19.2 Å². The Morgan fingerprint density at radius 3 is 2.58 bits per heavy atom. The molecule has 14 heteroatoms. The van der Waals surface area contributed by atoms with Gasteiger partial charge in [0.15, 0.2) is 10.8 Å². The van der Waals surface area contributed by atoms with Gasteiger partial charge in [-0.05, 0) is 33.3 Å². The number of rotatable bonds is 8. The van der Waals surface area contributed by atoms with Crippen LogP contribution in [0.4, 0.5) is 5.13 Å². The van der Waals surface area contributed by atoms with E-state index in [0.29, 0.717) is 16.9 Å². The standard InChI is InChI=1S/C22H27N5O7S2/c1-10(2)11-7-35-18-14(25-16(28)13(26-32-6)12-8-36-21(23)24-12)17(29)27(18)15(11)19(30)33-9-34-20(31)22(3,4)5/h8,14,18H,1,7,9H2,2-6H3,(H2,23,24)(H,25,28)/b26-13-/t14-,18-/m1/s1. The van der Waals surface area contributed by atoms with Crippen LogP contribution < -0.4 is 11.1 Å². The Bertz CT molecular complexity index is 1170. The molecule has 12 nitrogen and oxygen atoms in total. The van der Waals surface area contributed by atoms with E-state index in [1.54, 1.807) is 33.1 Å². The predicted octanol–water partition coefficient (Wildman–Crippen LogP) is 1.40.